The van der Waals surface area contributed by atoms with Crippen LogP contribution in [0, 0.1) is 0 Å². The molecule has 2 rings (SSSR count). The van der Waals surface area contributed by atoms with Crippen molar-refractivity contribution in [2.45, 2.75) is 4.34 Å². The third-order valence-corrected chi connectivity index (χ3v) is 4.19. The molecule has 18 heavy (non-hydrogen) atoms. The van der Waals surface area contributed by atoms with Gasteiger partial charge in [0.05, 0.1) is 18.6 Å². The van der Waals surface area contributed by atoms with Crippen LogP contribution in [0.5, 0.6) is 5.75 Å². The second-order valence-electron chi connectivity index (χ2n) is 3.41. The van der Waals surface area contributed by atoms with E-state index >= 15 is 0 Å². The van der Waals surface area contributed by atoms with Crippen molar-refractivity contribution in [3.63, 3.8) is 0 Å². The third-order valence-electron chi connectivity index (χ3n) is 2.19. The summed E-state index contributed by atoms with van der Waals surface area (Å²) in [5, 5.41) is 10.5. The number of thioether (sulfide) groups is 1. The predicted octanol–water partition coefficient (Wildman–Crippen LogP) is 3.00. The molecule has 6 heteroatoms. The highest BCUT2D eigenvalue weighted by atomic mass is 32.2. The van der Waals surface area contributed by atoms with E-state index in [2.05, 4.69) is 4.98 Å². The van der Waals surface area contributed by atoms with Crippen molar-refractivity contribution in [2.75, 3.05) is 12.9 Å². The number of carboxylic acids is 1. The van der Waals surface area contributed by atoms with Crippen molar-refractivity contribution >= 4 is 29.1 Å². The highest BCUT2D eigenvalue weighted by Gasteiger charge is 2.07. The van der Waals surface area contributed by atoms with Gasteiger partial charge in [0, 0.05) is 10.9 Å². The molecular formula is C12H11NO3S2. The first-order valence-electron chi connectivity index (χ1n) is 5.13. The van der Waals surface area contributed by atoms with Gasteiger partial charge in [0.1, 0.15) is 5.75 Å². The lowest BCUT2D eigenvalue weighted by Gasteiger charge is -2.00. The summed E-state index contributed by atoms with van der Waals surface area (Å²) in [7, 11) is 1.62. The molecule has 0 fully saturated rings. The van der Waals surface area contributed by atoms with Crippen molar-refractivity contribution in [2.24, 2.45) is 0 Å². The Morgan fingerprint density at radius 1 is 1.44 bits per heavy atom. The Morgan fingerprint density at radius 2 is 2.17 bits per heavy atom. The number of hydrogen-bond acceptors (Lipinski definition) is 5. The normalized spacial score (nSPS) is 10.3. The third kappa shape index (κ3) is 3.24. The van der Waals surface area contributed by atoms with Crippen molar-refractivity contribution < 1.29 is 14.6 Å². The minimum Gasteiger partial charge on any atom is -0.497 e. The number of rotatable bonds is 5. The number of benzene rings is 1. The minimum absolute atomic E-state index is 0.0373. The molecule has 0 aliphatic rings. The van der Waals surface area contributed by atoms with Gasteiger partial charge in [-0.25, -0.2) is 4.98 Å². The van der Waals surface area contributed by atoms with Gasteiger partial charge < -0.3 is 9.84 Å². The van der Waals surface area contributed by atoms with Crippen LogP contribution in [0.15, 0.2) is 34.0 Å². The predicted molar refractivity (Wildman–Crippen MR) is 72.5 cm³/mol. The Labute approximate surface area is 113 Å². The van der Waals surface area contributed by atoms with Crippen LogP contribution in [0.2, 0.25) is 0 Å². The highest BCUT2D eigenvalue weighted by molar-refractivity contribution is 8.01. The average molecular weight is 281 g/mol. The molecule has 4 nitrogen and oxygen atoms in total. The van der Waals surface area contributed by atoms with Crippen molar-refractivity contribution in [3.05, 3.63) is 29.6 Å². The number of ether oxygens (including phenoxy) is 1. The van der Waals surface area contributed by atoms with E-state index in [0.29, 0.717) is 0 Å². The Balaban J connectivity index is 2.10. The maximum absolute atomic E-state index is 10.5. The van der Waals surface area contributed by atoms with E-state index in [1.165, 1.54) is 23.1 Å². The number of carbonyl (C=O) groups is 1. The number of carboxylic acid groups (broad SMARTS) is 1. The van der Waals surface area contributed by atoms with Crippen LogP contribution in [0.1, 0.15) is 0 Å². The molecular weight excluding hydrogens is 270 g/mol. The van der Waals surface area contributed by atoms with Gasteiger partial charge in [-0.15, -0.1) is 11.3 Å². The summed E-state index contributed by atoms with van der Waals surface area (Å²) < 4.78 is 5.85. The Morgan fingerprint density at radius 3 is 2.78 bits per heavy atom. The number of thiazole rings is 1. The number of aliphatic carboxylic acids is 1. The van der Waals surface area contributed by atoms with E-state index in [-0.39, 0.29) is 5.75 Å². The molecule has 1 aromatic carbocycles. The molecule has 0 aliphatic carbocycles. The van der Waals surface area contributed by atoms with Crippen LogP contribution in [-0.2, 0) is 4.79 Å². The number of nitrogens with zero attached hydrogens (tertiary/aromatic N) is 1. The molecule has 0 atom stereocenters. The first-order chi connectivity index (χ1) is 8.69. The van der Waals surface area contributed by atoms with Gasteiger partial charge in [-0.3, -0.25) is 4.79 Å². The van der Waals surface area contributed by atoms with E-state index in [1.54, 1.807) is 7.11 Å². The van der Waals surface area contributed by atoms with E-state index in [0.717, 1.165) is 21.3 Å². The molecule has 0 radical (unpaired) electrons. The molecule has 0 aliphatic heterocycles. The van der Waals surface area contributed by atoms with Crippen molar-refractivity contribution in [3.8, 4) is 17.0 Å². The zero-order valence-corrected chi connectivity index (χ0v) is 11.3. The topological polar surface area (TPSA) is 59.4 Å². The van der Waals surface area contributed by atoms with E-state index < -0.39 is 5.97 Å². The van der Waals surface area contributed by atoms with Crippen LogP contribution in [0.3, 0.4) is 0 Å². The minimum atomic E-state index is -0.832. The number of methoxy groups -OCH3 is 1. The summed E-state index contributed by atoms with van der Waals surface area (Å²) in [5.74, 6) is 0.00546. The molecule has 94 valence electrons. The second kappa shape index (κ2) is 5.88. The molecule has 0 saturated carbocycles. The lowest BCUT2D eigenvalue weighted by atomic mass is 10.2. The van der Waals surface area contributed by atoms with E-state index in [1.807, 2.05) is 29.6 Å². The molecule has 1 N–H and O–H groups in total. The summed E-state index contributed by atoms with van der Waals surface area (Å²) >= 11 is 2.69. The fraction of sp³-hybridized carbons (Fsp3) is 0.167. The zero-order chi connectivity index (χ0) is 13.0. The molecule has 0 saturated heterocycles. The molecule has 0 unspecified atom stereocenters. The monoisotopic (exact) mass is 281 g/mol. The standard InChI is InChI=1S/C12H11NO3S2/c1-16-9-4-2-8(3-5-9)10-6-17-12(13-10)18-7-11(14)15/h2-6H,7H2,1H3,(H,14,15). The maximum Gasteiger partial charge on any atom is 0.313 e. The van der Waals surface area contributed by atoms with Gasteiger partial charge in [0.25, 0.3) is 0 Å². The lowest BCUT2D eigenvalue weighted by molar-refractivity contribution is -0.133. The maximum atomic E-state index is 10.5. The molecule has 0 bridgehead atoms. The van der Waals surface area contributed by atoms with Gasteiger partial charge in [0.15, 0.2) is 4.34 Å². The van der Waals surface area contributed by atoms with E-state index in [9.17, 15) is 4.79 Å². The second-order valence-corrected chi connectivity index (χ2v) is 5.49. The zero-order valence-electron chi connectivity index (χ0n) is 9.62. The van der Waals surface area contributed by atoms with Gasteiger partial charge in [-0.2, -0.15) is 0 Å². The highest BCUT2D eigenvalue weighted by Crippen LogP contribution is 2.28. The Bertz CT molecular complexity index is 537. The molecule has 1 aromatic heterocycles. The number of hydrogen-bond donors (Lipinski definition) is 1. The molecule has 0 spiro atoms. The average Bonchev–Trinajstić information content (AvgIpc) is 2.85. The fourth-order valence-corrected chi connectivity index (χ4v) is 2.90. The van der Waals surface area contributed by atoms with Crippen LogP contribution in [-0.4, -0.2) is 28.9 Å². The first-order valence-corrected chi connectivity index (χ1v) is 7.00. The van der Waals surface area contributed by atoms with Crippen LogP contribution in [0.4, 0.5) is 0 Å². The fourth-order valence-electron chi connectivity index (χ4n) is 1.34. The summed E-state index contributed by atoms with van der Waals surface area (Å²) in [6.07, 6.45) is 0. The Hall–Kier alpha value is -1.53. The smallest absolute Gasteiger partial charge is 0.313 e. The van der Waals surface area contributed by atoms with Gasteiger partial charge in [0.2, 0.25) is 0 Å². The molecule has 1 heterocycles. The quantitative estimate of drug-likeness (QED) is 0.854. The molecule has 0 amide bonds. The van der Waals surface area contributed by atoms with Crippen LogP contribution < -0.4 is 4.74 Å². The largest absolute Gasteiger partial charge is 0.497 e. The van der Waals surface area contributed by atoms with Crippen LogP contribution in [0.25, 0.3) is 11.3 Å². The number of aromatic nitrogens is 1. The van der Waals surface area contributed by atoms with E-state index in [4.69, 9.17) is 9.84 Å². The lowest BCUT2D eigenvalue weighted by Crippen LogP contribution is -1.96. The SMILES string of the molecule is COc1ccc(-c2csc(SCC(=O)O)n2)cc1. The molecule has 2 aromatic rings. The van der Waals surface area contributed by atoms with Crippen molar-refractivity contribution in [1.82, 2.24) is 4.98 Å². The van der Waals surface area contributed by atoms with Gasteiger partial charge in [-0.05, 0) is 24.3 Å². The summed E-state index contributed by atoms with van der Waals surface area (Å²) in [4.78, 5) is 14.8. The summed E-state index contributed by atoms with van der Waals surface area (Å²) in [6, 6.07) is 7.61. The van der Waals surface area contributed by atoms with Gasteiger partial charge >= 0.3 is 5.97 Å². The van der Waals surface area contributed by atoms with Crippen molar-refractivity contribution in [1.29, 1.82) is 0 Å². The Kier molecular flexibility index (Phi) is 4.22. The summed E-state index contributed by atoms with van der Waals surface area (Å²) in [5.41, 5.74) is 1.85. The van der Waals surface area contributed by atoms with Gasteiger partial charge in [-0.1, -0.05) is 11.8 Å². The summed E-state index contributed by atoms with van der Waals surface area (Å²) in [6.45, 7) is 0. The first kappa shape index (κ1) is 12.9. The van der Waals surface area contributed by atoms with Crippen LogP contribution >= 0.6 is 23.1 Å².